The quantitative estimate of drug-likeness (QED) is 0.825. The lowest BCUT2D eigenvalue weighted by Crippen LogP contribution is -2.38. The molecule has 0 aromatic heterocycles. The molecule has 0 spiro atoms. The van der Waals surface area contributed by atoms with Crippen molar-refractivity contribution in [1.29, 1.82) is 0 Å². The fourth-order valence-corrected chi connectivity index (χ4v) is 3.87. The largest absolute Gasteiger partial charge is 0.369 e. The SMILES string of the molecule is NC(=O)[C@H]1[C@H]2CC[C@@H](C2)[C@@H]1C(=O)c1ccccc1. The van der Waals surface area contributed by atoms with E-state index in [-0.39, 0.29) is 23.5 Å². The molecule has 1 aromatic rings. The highest BCUT2D eigenvalue weighted by molar-refractivity contribution is 6.01. The molecule has 0 aliphatic heterocycles. The van der Waals surface area contributed by atoms with E-state index in [0.717, 1.165) is 19.3 Å². The van der Waals surface area contributed by atoms with Crippen molar-refractivity contribution in [3.8, 4) is 0 Å². The van der Waals surface area contributed by atoms with Crippen molar-refractivity contribution in [2.24, 2.45) is 29.4 Å². The van der Waals surface area contributed by atoms with Gasteiger partial charge in [0.05, 0.1) is 5.92 Å². The molecule has 2 saturated carbocycles. The zero-order valence-electron chi connectivity index (χ0n) is 10.2. The molecule has 2 fully saturated rings. The Bertz CT molecular complexity index is 483. The highest BCUT2D eigenvalue weighted by Gasteiger charge is 2.52. The van der Waals surface area contributed by atoms with Crippen molar-refractivity contribution < 1.29 is 9.59 Å². The summed E-state index contributed by atoms with van der Waals surface area (Å²) in [4.78, 5) is 24.2. The van der Waals surface area contributed by atoms with Gasteiger partial charge in [-0.15, -0.1) is 0 Å². The highest BCUT2D eigenvalue weighted by atomic mass is 16.1. The standard InChI is InChI=1S/C15H17NO2/c16-15(18)13-11-7-6-10(8-11)12(13)14(17)9-4-2-1-3-5-9/h1-5,10-13H,6-8H2,(H2,16,18)/t10-,11-,12-,13-/m0/s1. The first-order valence-electron chi connectivity index (χ1n) is 6.57. The summed E-state index contributed by atoms with van der Waals surface area (Å²) in [5.74, 6) is 0.0913. The van der Waals surface area contributed by atoms with Crippen LogP contribution in [0.25, 0.3) is 0 Å². The number of amides is 1. The number of Topliss-reactive ketones (excluding diaryl/α,β-unsaturated/α-hetero) is 1. The van der Waals surface area contributed by atoms with Crippen LogP contribution < -0.4 is 5.73 Å². The Morgan fingerprint density at radius 2 is 1.61 bits per heavy atom. The Kier molecular flexibility index (Phi) is 2.69. The Morgan fingerprint density at radius 3 is 2.22 bits per heavy atom. The van der Waals surface area contributed by atoms with E-state index in [9.17, 15) is 9.59 Å². The number of rotatable bonds is 3. The Morgan fingerprint density at radius 1 is 1.00 bits per heavy atom. The van der Waals surface area contributed by atoms with Crippen molar-refractivity contribution in [2.75, 3.05) is 0 Å². The molecular weight excluding hydrogens is 226 g/mol. The third kappa shape index (κ3) is 1.65. The van der Waals surface area contributed by atoms with Gasteiger partial charge in [0.25, 0.3) is 0 Å². The summed E-state index contributed by atoms with van der Waals surface area (Å²) in [5.41, 5.74) is 6.21. The smallest absolute Gasteiger partial charge is 0.221 e. The third-order valence-electron chi connectivity index (χ3n) is 4.61. The fraction of sp³-hybridized carbons (Fsp3) is 0.467. The summed E-state index contributed by atoms with van der Waals surface area (Å²) in [6, 6.07) is 9.27. The van der Waals surface area contributed by atoms with Gasteiger partial charge in [0.1, 0.15) is 0 Å². The minimum absolute atomic E-state index is 0.103. The van der Waals surface area contributed by atoms with Crippen LogP contribution in [0.5, 0.6) is 0 Å². The first kappa shape index (κ1) is 11.5. The van der Waals surface area contributed by atoms with Crippen LogP contribution in [0.2, 0.25) is 0 Å². The van der Waals surface area contributed by atoms with Crippen LogP contribution in [0.15, 0.2) is 30.3 Å². The molecule has 4 atom stereocenters. The predicted molar refractivity (Wildman–Crippen MR) is 67.8 cm³/mol. The van der Waals surface area contributed by atoms with Crippen molar-refractivity contribution in [2.45, 2.75) is 19.3 Å². The van der Waals surface area contributed by atoms with E-state index in [1.165, 1.54) is 0 Å². The molecule has 1 amide bonds. The first-order chi connectivity index (χ1) is 8.68. The highest BCUT2D eigenvalue weighted by Crippen LogP contribution is 2.53. The van der Waals surface area contributed by atoms with E-state index in [2.05, 4.69) is 0 Å². The normalized spacial score (nSPS) is 33.6. The zero-order chi connectivity index (χ0) is 12.7. The molecular formula is C15H17NO2. The number of carbonyl (C=O) groups is 2. The van der Waals surface area contributed by atoms with Gasteiger partial charge in [-0.3, -0.25) is 9.59 Å². The zero-order valence-corrected chi connectivity index (χ0v) is 10.2. The van der Waals surface area contributed by atoms with Gasteiger partial charge in [-0.2, -0.15) is 0 Å². The number of carbonyl (C=O) groups excluding carboxylic acids is 2. The van der Waals surface area contributed by atoms with Gasteiger partial charge in [-0.25, -0.2) is 0 Å². The van der Waals surface area contributed by atoms with E-state index >= 15 is 0 Å². The van der Waals surface area contributed by atoms with Crippen molar-refractivity contribution in [1.82, 2.24) is 0 Å². The summed E-state index contributed by atoms with van der Waals surface area (Å²) in [5, 5.41) is 0. The van der Waals surface area contributed by atoms with Crippen LogP contribution in [-0.4, -0.2) is 11.7 Å². The van der Waals surface area contributed by atoms with Crippen molar-refractivity contribution in [3.05, 3.63) is 35.9 Å². The van der Waals surface area contributed by atoms with Crippen LogP contribution in [0.1, 0.15) is 29.6 Å². The van der Waals surface area contributed by atoms with Gasteiger partial charge >= 0.3 is 0 Å². The molecule has 3 rings (SSSR count). The summed E-state index contributed by atoms with van der Waals surface area (Å²) in [7, 11) is 0. The van der Waals surface area contributed by atoms with E-state index < -0.39 is 0 Å². The number of nitrogens with two attached hydrogens (primary N) is 1. The molecule has 0 saturated heterocycles. The molecule has 2 bridgehead atoms. The predicted octanol–water partition coefficient (Wildman–Crippen LogP) is 2.02. The minimum atomic E-state index is -0.295. The van der Waals surface area contributed by atoms with Gasteiger partial charge < -0.3 is 5.73 Å². The molecule has 1 aromatic carbocycles. The lowest BCUT2D eigenvalue weighted by Gasteiger charge is -2.27. The minimum Gasteiger partial charge on any atom is -0.369 e. The number of ketones is 1. The molecule has 3 nitrogen and oxygen atoms in total. The van der Waals surface area contributed by atoms with Gasteiger partial charge in [0.2, 0.25) is 5.91 Å². The number of hydrogen-bond acceptors (Lipinski definition) is 2. The third-order valence-corrected chi connectivity index (χ3v) is 4.61. The number of hydrogen-bond donors (Lipinski definition) is 1. The first-order valence-corrected chi connectivity index (χ1v) is 6.57. The summed E-state index contributed by atoms with van der Waals surface area (Å²) < 4.78 is 0. The molecule has 0 radical (unpaired) electrons. The van der Waals surface area contributed by atoms with Crippen LogP contribution in [0.4, 0.5) is 0 Å². The molecule has 94 valence electrons. The maximum absolute atomic E-state index is 12.5. The van der Waals surface area contributed by atoms with E-state index in [4.69, 9.17) is 5.73 Å². The van der Waals surface area contributed by atoms with Crippen molar-refractivity contribution >= 4 is 11.7 Å². The number of primary amides is 1. The second-order valence-corrected chi connectivity index (χ2v) is 5.52. The van der Waals surface area contributed by atoms with Crippen LogP contribution >= 0.6 is 0 Å². The summed E-state index contributed by atoms with van der Waals surface area (Å²) in [6.07, 6.45) is 3.12. The number of fused-ring (bicyclic) bond motifs is 2. The average Bonchev–Trinajstić information content (AvgIpc) is 2.99. The molecule has 2 aliphatic carbocycles. The topological polar surface area (TPSA) is 60.2 Å². The van der Waals surface area contributed by atoms with Gasteiger partial charge in [0.15, 0.2) is 5.78 Å². The average molecular weight is 243 g/mol. The van der Waals surface area contributed by atoms with Gasteiger partial charge in [-0.05, 0) is 31.1 Å². The van der Waals surface area contributed by atoms with E-state index in [0.29, 0.717) is 17.4 Å². The van der Waals surface area contributed by atoms with Crippen molar-refractivity contribution in [3.63, 3.8) is 0 Å². The lowest BCUT2D eigenvalue weighted by atomic mass is 9.75. The van der Waals surface area contributed by atoms with Gasteiger partial charge in [0, 0.05) is 11.5 Å². The lowest BCUT2D eigenvalue weighted by molar-refractivity contribution is -0.124. The maximum Gasteiger partial charge on any atom is 0.221 e. The fourth-order valence-electron chi connectivity index (χ4n) is 3.87. The summed E-state index contributed by atoms with van der Waals surface area (Å²) >= 11 is 0. The summed E-state index contributed by atoms with van der Waals surface area (Å²) in [6.45, 7) is 0. The Hall–Kier alpha value is -1.64. The molecule has 2 N–H and O–H groups in total. The van der Waals surface area contributed by atoms with E-state index in [1.54, 1.807) is 0 Å². The maximum atomic E-state index is 12.5. The molecule has 3 heteroatoms. The van der Waals surface area contributed by atoms with Crippen LogP contribution in [0, 0.1) is 23.7 Å². The second-order valence-electron chi connectivity index (χ2n) is 5.52. The Labute approximate surface area is 106 Å². The van der Waals surface area contributed by atoms with Gasteiger partial charge in [-0.1, -0.05) is 30.3 Å². The number of benzene rings is 1. The van der Waals surface area contributed by atoms with Crippen LogP contribution in [-0.2, 0) is 4.79 Å². The van der Waals surface area contributed by atoms with Crippen LogP contribution in [0.3, 0.4) is 0 Å². The molecule has 0 unspecified atom stereocenters. The second kappa shape index (κ2) is 4.23. The molecule has 18 heavy (non-hydrogen) atoms. The Balaban J connectivity index is 1.91. The molecule has 2 aliphatic rings. The monoisotopic (exact) mass is 243 g/mol. The van der Waals surface area contributed by atoms with E-state index in [1.807, 2.05) is 30.3 Å². The molecule has 0 heterocycles.